The van der Waals surface area contributed by atoms with Crippen molar-refractivity contribution in [2.75, 3.05) is 5.32 Å². The van der Waals surface area contributed by atoms with E-state index in [1.807, 2.05) is 29.6 Å². The van der Waals surface area contributed by atoms with E-state index in [0.29, 0.717) is 16.7 Å². The molecule has 0 spiro atoms. The zero-order valence-electron chi connectivity index (χ0n) is 12.3. The summed E-state index contributed by atoms with van der Waals surface area (Å²) in [6.07, 6.45) is 0. The quantitative estimate of drug-likeness (QED) is 0.575. The van der Waals surface area contributed by atoms with E-state index in [1.165, 1.54) is 24.3 Å². The fourth-order valence-corrected chi connectivity index (χ4v) is 3.02. The number of carbonyl (C=O) groups is 1. The summed E-state index contributed by atoms with van der Waals surface area (Å²) < 4.78 is 18.5. The predicted molar refractivity (Wildman–Crippen MR) is 91.7 cm³/mol. The van der Waals surface area contributed by atoms with Crippen LogP contribution < -0.4 is 5.32 Å². The highest BCUT2D eigenvalue weighted by atomic mass is 32.1. The zero-order valence-corrected chi connectivity index (χ0v) is 13.1. The summed E-state index contributed by atoms with van der Waals surface area (Å²) >= 11 is 1.62. The molecule has 0 fully saturated rings. The smallest absolute Gasteiger partial charge is 0.302 e. The number of thiophene rings is 1. The standard InChI is InChI=1S/C18H11FN2O2S/c19-14-4-1-11(2-5-14)17(22)21-18-20-15-9-12(3-6-16(15)23-18)13-7-8-24-10-13/h1-10H,(H,20,21,22). The number of nitrogens with zero attached hydrogens (tertiary/aromatic N) is 1. The first-order valence-corrected chi connectivity index (χ1v) is 8.13. The SMILES string of the molecule is O=C(Nc1nc2cc(-c3ccsc3)ccc2o1)c1ccc(F)cc1. The summed E-state index contributed by atoms with van der Waals surface area (Å²) in [4.78, 5) is 16.4. The molecule has 1 amide bonds. The van der Waals surface area contributed by atoms with Gasteiger partial charge in [0.15, 0.2) is 5.58 Å². The van der Waals surface area contributed by atoms with Crippen LogP contribution in [0, 0.1) is 5.82 Å². The monoisotopic (exact) mass is 338 g/mol. The van der Waals surface area contributed by atoms with Crippen LogP contribution in [0.1, 0.15) is 10.4 Å². The Bertz CT molecular complexity index is 1010. The first-order chi connectivity index (χ1) is 11.7. The summed E-state index contributed by atoms with van der Waals surface area (Å²) in [7, 11) is 0. The molecule has 0 saturated heterocycles. The van der Waals surface area contributed by atoms with E-state index in [-0.39, 0.29) is 6.01 Å². The molecular formula is C18H11FN2O2S. The first kappa shape index (κ1) is 14.6. The summed E-state index contributed by atoms with van der Waals surface area (Å²) in [5.74, 6) is -0.797. The maximum atomic E-state index is 12.9. The number of amides is 1. The average molecular weight is 338 g/mol. The van der Waals surface area contributed by atoms with Crippen molar-refractivity contribution in [3.05, 3.63) is 70.7 Å². The Balaban J connectivity index is 1.61. The Kier molecular flexibility index (Phi) is 3.59. The van der Waals surface area contributed by atoms with Crippen LogP contribution in [0.25, 0.3) is 22.2 Å². The summed E-state index contributed by atoms with van der Waals surface area (Å²) in [5, 5.41) is 6.65. The van der Waals surface area contributed by atoms with Gasteiger partial charge in [0.2, 0.25) is 0 Å². The minimum atomic E-state index is -0.403. The molecule has 4 aromatic rings. The molecule has 2 heterocycles. The van der Waals surface area contributed by atoms with Crippen molar-refractivity contribution >= 4 is 34.4 Å². The second kappa shape index (κ2) is 5.90. The Labute approximate surface area is 140 Å². The molecule has 0 unspecified atom stereocenters. The van der Waals surface area contributed by atoms with E-state index in [2.05, 4.69) is 15.7 Å². The van der Waals surface area contributed by atoms with Gasteiger partial charge in [0.05, 0.1) is 0 Å². The molecule has 118 valence electrons. The lowest BCUT2D eigenvalue weighted by atomic mass is 10.1. The van der Waals surface area contributed by atoms with E-state index >= 15 is 0 Å². The lowest BCUT2D eigenvalue weighted by Gasteiger charge is -2.00. The molecule has 0 aliphatic carbocycles. The van der Waals surface area contributed by atoms with Gasteiger partial charge in [0.25, 0.3) is 5.91 Å². The van der Waals surface area contributed by atoms with Gasteiger partial charge in [-0.05, 0) is 64.4 Å². The van der Waals surface area contributed by atoms with Crippen LogP contribution >= 0.6 is 11.3 Å². The van der Waals surface area contributed by atoms with Gasteiger partial charge in [-0.15, -0.1) is 0 Å². The van der Waals surface area contributed by atoms with Gasteiger partial charge < -0.3 is 4.42 Å². The fraction of sp³-hybridized carbons (Fsp3) is 0. The molecular weight excluding hydrogens is 327 g/mol. The van der Waals surface area contributed by atoms with Gasteiger partial charge in [-0.25, -0.2) is 4.39 Å². The number of halogens is 1. The molecule has 2 aromatic heterocycles. The number of benzene rings is 2. The molecule has 2 aromatic carbocycles. The number of carbonyl (C=O) groups excluding carboxylic acids is 1. The molecule has 4 rings (SSSR count). The van der Waals surface area contributed by atoms with E-state index in [9.17, 15) is 9.18 Å². The number of nitrogens with one attached hydrogen (secondary N) is 1. The Morgan fingerprint density at radius 2 is 1.92 bits per heavy atom. The van der Waals surface area contributed by atoms with E-state index < -0.39 is 11.7 Å². The van der Waals surface area contributed by atoms with Crippen LogP contribution in [0.3, 0.4) is 0 Å². The largest absolute Gasteiger partial charge is 0.423 e. The number of hydrogen-bond donors (Lipinski definition) is 1. The van der Waals surface area contributed by atoms with E-state index in [1.54, 1.807) is 11.3 Å². The molecule has 0 atom stereocenters. The Morgan fingerprint density at radius 3 is 2.67 bits per heavy atom. The minimum Gasteiger partial charge on any atom is -0.423 e. The van der Waals surface area contributed by atoms with Crippen molar-refractivity contribution in [1.82, 2.24) is 4.98 Å². The summed E-state index contributed by atoms with van der Waals surface area (Å²) in [6.45, 7) is 0. The average Bonchev–Trinajstić information content (AvgIpc) is 3.23. The highest BCUT2D eigenvalue weighted by Crippen LogP contribution is 2.27. The number of fused-ring (bicyclic) bond motifs is 1. The lowest BCUT2D eigenvalue weighted by molar-refractivity contribution is 0.102. The number of aromatic nitrogens is 1. The lowest BCUT2D eigenvalue weighted by Crippen LogP contribution is -2.11. The maximum Gasteiger partial charge on any atom is 0.302 e. The minimum absolute atomic E-state index is 0.113. The van der Waals surface area contributed by atoms with Crippen molar-refractivity contribution in [2.45, 2.75) is 0 Å². The Hall–Kier alpha value is -2.99. The molecule has 6 heteroatoms. The van der Waals surface area contributed by atoms with Crippen molar-refractivity contribution in [3.8, 4) is 11.1 Å². The van der Waals surface area contributed by atoms with Crippen molar-refractivity contribution in [2.24, 2.45) is 0 Å². The summed E-state index contributed by atoms with van der Waals surface area (Å²) in [6, 6.07) is 13.1. The molecule has 0 radical (unpaired) electrons. The molecule has 0 aliphatic heterocycles. The van der Waals surface area contributed by atoms with Crippen LogP contribution in [0.4, 0.5) is 10.4 Å². The van der Waals surface area contributed by atoms with Crippen LogP contribution in [0.5, 0.6) is 0 Å². The van der Waals surface area contributed by atoms with Crippen LogP contribution in [0.15, 0.2) is 63.7 Å². The summed E-state index contributed by atoms with van der Waals surface area (Å²) in [5.41, 5.74) is 3.73. The zero-order chi connectivity index (χ0) is 16.5. The second-order valence-electron chi connectivity index (χ2n) is 5.17. The topological polar surface area (TPSA) is 55.1 Å². The van der Waals surface area contributed by atoms with Gasteiger partial charge in [-0.2, -0.15) is 16.3 Å². The van der Waals surface area contributed by atoms with Crippen molar-refractivity contribution in [1.29, 1.82) is 0 Å². The predicted octanol–water partition coefficient (Wildman–Crippen LogP) is 4.95. The van der Waals surface area contributed by atoms with Gasteiger partial charge in [0.1, 0.15) is 11.3 Å². The number of oxazole rings is 1. The van der Waals surface area contributed by atoms with Gasteiger partial charge in [-0.3, -0.25) is 10.1 Å². The maximum absolute atomic E-state index is 12.9. The van der Waals surface area contributed by atoms with Crippen molar-refractivity contribution < 1.29 is 13.6 Å². The second-order valence-corrected chi connectivity index (χ2v) is 5.95. The highest BCUT2D eigenvalue weighted by molar-refractivity contribution is 7.08. The number of rotatable bonds is 3. The third kappa shape index (κ3) is 2.79. The third-order valence-corrected chi connectivity index (χ3v) is 4.25. The number of hydrogen-bond acceptors (Lipinski definition) is 4. The molecule has 0 saturated carbocycles. The van der Waals surface area contributed by atoms with Gasteiger partial charge in [-0.1, -0.05) is 6.07 Å². The van der Waals surface area contributed by atoms with Crippen LogP contribution in [0.2, 0.25) is 0 Å². The van der Waals surface area contributed by atoms with Gasteiger partial charge >= 0.3 is 6.01 Å². The fourth-order valence-electron chi connectivity index (χ4n) is 2.36. The molecule has 24 heavy (non-hydrogen) atoms. The normalized spacial score (nSPS) is 10.9. The van der Waals surface area contributed by atoms with Gasteiger partial charge in [0, 0.05) is 5.56 Å². The van der Waals surface area contributed by atoms with Crippen LogP contribution in [-0.2, 0) is 0 Å². The van der Waals surface area contributed by atoms with E-state index in [4.69, 9.17) is 4.42 Å². The molecule has 1 N–H and O–H groups in total. The molecule has 0 aliphatic rings. The van der Waals surface area contributed by atoms with Crippen LogP contribution in [-0.4, -0.2) is 10.9 Å². The first-order valence-electron chi connectivity index (χ1n) is 7.19. The third-order valence-electron chi connectivity index (χ3n) is 3.57. The molecule has 4 nitrogen and oxygen atoms in total. The molecule has 0 bridgehead atoms. The number of anilines is 1. The highest BCUT2D eigenvalue weighted by Gasteiger charge is 2.12. The van der Waals surface area contributed by atoms with Crippen molar-refractivity contribution in [3.63, 3.8) is 0 Å². The Morgan fingerprint density at radius 1 is 1.08 bits per heavy atom. The van der Waals surface area contributed by atoms with E-state index in [0.717, 1.165) is 11.1 Å².